The first kappa shape index (κ1) is 19.3. The lowest BCUT2D eigenvalue weighted by Gasteiger charge is -2.22. The molecule has 1 saturated heterocycles. The van der Waals surface area contributed by atoms with E-state index in [0.29, 0.717) is 0 Å². The van der Waals surface area contributed by atoms with Gasteiger partial charge in [-0.25, -0.2) is 8.42 Å². The van der Waals surface area contributed by atoms with Gasteiger partial charge in [-0.05, 0) is 12.1 Å². The minimum Gasteiger partial charge on any atom is -0.383 e. The number of amides is 2. The smallest absolute Gasteiger partial charge is 0.309 e. The molecular weight excluding hydrogens is 350 g/mol. The summed E-state index contributed by atoms with van der Waals surface area (Å²) < 4.78 is 36.6. The Hall–Kier alpha value is -2.01. The van der Waals surface area contributed by atoms with Crippen LogP contribution in [0.1, 0.15) is 0 Å². The van der Waals surface area contributed by atoms with Crippen molar-refractivity contribution in [3.05, 3.63) is 30.3 Å². The number of nitrogens with zero attached hydrogens (tertiary/aromatic N) is 1. The van der Waals surface area contributed by atoms with E-state index in [1.54, 1.807) is 18.2 Å². The lowest BCUT2D eigenvalue weighted by atomic mass is 10.4. The molecule has 0 saturated carbocycles. The molecule has 1 heterocycles. The molecule has 0 radical (unpaired) electrons. The quantitative estimate of drug-likeness (QED) is 0.465. The zero-order valence-electron chi connectivity index (χ0n) is 13.8. The van der Waals surface area contributed by atoms with Crippen molar-refractivity contribution in [3.63, 3.8) is 0 Å². The van der Waals surface area contributed by atoms with Gasteiger partial charge in [0.15, 0.2) is 0 Å². The highest BCUT2D eigenvalue weighted by atomic mass is 32.2. The van der Waals surface area contributed by atoms with Gasteiger partial charge < -0.3 is 20.1 Å². The molecular formula is C15H21N3O6S. The van der Waals surface area contributed by atoms with E-state index < -0.39 is 28.1 Å². The van der Waals surface area contributed by atoms with Crippen LogP contribution >= 0.6 is 0 Å². The molecule has 0 aliphatic carbocycles. The van der Waals surface area contributed by atoms with E-state index in [0.717, 1.165) is 0 Å². The lowest BCUT2D eigenvalue weighted by molar-refractivity contribution is -0.139. The van der Waals surface area contributed by atoms with Crippen molar-refractivity contribution in [2.24, 2.45) is 0 Å². The van der Waals surface area contributed by atoms with Gasteiger partial charge >= 0.3 is 11.8 Å². The van der Waals surface area contributed by atoms with Crippen molar-refractivity contribution in [1.82, 2.24) is 14.9 Å². The van der Waals surface area contributed by atoms with Crippen LogP contribution in [0.25, 0.3) is 0 Å². The Balaban J connectivity index is 1.94. The highest BCUT2D eigenvalue weighted by Crippen LogP contribution is 2.21. The normalized spacial score (nSPS) is 18.0. The molecule has 1 aliphatic heterocycles. The Morgan fingerprint density at radius 3 is 2.60 bits per heavy atom. The van der Waals surface area contributed by atoms with Crippen LogP contribution in [0.2, 0.25) is 0 Å². The van der Waals surface area contributed by atoms with Crippen LogP contribution in [0.4, 0.5) is 0 Å². The lowest BCUT2D eigenvalue weighted by Crippen LogP contribution is -2.47. The third-order valence-corrected chi connectivity index (χ3v) is 5.43. The Labute approximate surface area is 146 Å². The predicted molar refractivity (Wildman–Crippen MR) is 88.0 cm³/mol. The van der Waals surface area contributed by atoms with E-state index in [1.807, 2.05) is 0 Å². The molecule has 2 rings (SSSR count). The number of ether oxygens (including phenoxy) is 2. The molecule has 0 bridgehead atoms. The second-order valence-corrected chi connectivity index (χ2v) is 7.10. The van der Waals surface area contributed by atoms with Gasteiger partial charge in [0, 0.05) is 20.2 Å². The number of nitrogens with one attached hydrogen (secondary N) is 2. The number of methoxy groups -OCH3 is 1. The number of hydrogen-bond donors (Lipinski definition) is 2. The summed E-state index contributed by atoms with van der Waals surface area (Å²) >= 11 is 0. The van der Waals surface area contributed by atoms with Crippen molar-refractivity contribution in [2.75, 3.05) is 40.0 Å². The summed E-state index contributed by atoms with van der Waals surface area (Å²) in [6, 6.07) is 7.97. The van der Waals surface area contributed by atoms with E-state index in [2.05, 4.69) is 10.6 Å². The molecule has 1 aromatic rings. The van der Waals surface area contributed by atoms with Gasteiger partial charge in [-0.1, -0.05) is 18.2 Å². The summed E-state index contributed by atoms with van der Waals surface area (Å²) in [6.07, 6.45) is -0.860. The van der Waals surface area contributed by atoms with Crippen molar-refractivity contribution in [3.8, 4) is 0 Å². The summed E-state index contributed by atoms with van der Waals surface area (Å²) in [5.74, 6) is -1.67. The number of carbonyl (C=O) groups is 2. The maximum absolute atomic E-state index is 12.6. The highest BCUT2D eigenvalue weighted by molar-refractivity contribution is 7.89. The van der Waals surface area contributed by atoms with Crippen LogP contribution in [-0.4, -0.2) is 70.7 Å². The summed E-state index contributed by atoms with van der Waals surface area (Å²) in [5, 5.41) is 4.76. The van der Waals surface area contributed by atoms with Gasteiger partial charge in [0.25, 0.3) is 0 Å². The van der Waals surface area contributed by atoms with Gasteiger partial charge in [0.1, 0.15) is 6.23 Å². The zero-order valence-corrected chi connectivity index (χ0v) is 14.6. The Kier molecular flexibility index (Phi) is 6.88. The highest BCUT2D eigenvalue weighted by Gasteiger charge is 2.36. The van der Waals surface area contributed by atoms with E-state index in [-0.39, 0.29) is 37.7 Å². The molecule has 0 aromatic heterocycles. The van der Waals surface area contributed by atoms with Crippen molar-refractivity contribution >= 4 is 21.8 Å². The maximum Gasteiger partial charge on any atom is 0.309 e. The topological polar surface area (TPSA) is 114 Å². The SMILES string of the molecule is COCCNC(=O)C(=O)NCC1OCCN1S(=O)(=O)c1ccccc1. The first-order chi connectivity index (χ1) is 12.0. The van der Waals surface area contributed by atoms with E-state index in [9.17, 15) is 18.0 Å². The van der Waals surface area contributed by atoms with E-state index in [1.165, 1.54) is 23.5 Å². The average molecular weight is 371 g/mol. The molecule has 25 heavy (non-hydrogen) atoms. The molecule has 1 aliphatic rings. The molecule has 2 N–H and O–H groups in total. The molecule has 1 unspecified atom stereocenters. The number of rotatable bonds is 7. The molecule has 2 amide bonds. The van der Waals surface area contributed by atoms with Crippen LogP contribution in [-0.2, 0) is 29.1 Å². The van der Waals surface area contributed by atoms with Crippen LogP contribution in [0.3, 0.4) is 0 Å². The van der Waals surface area contributed by atoms with Crippen molar-refractivity contribution in [2.45, 2.75) is 11.1 Å². The van der Waals surface area contributed by atoms with E-state index in [4.69, 9.17) is 9.47 Å². The van der Waals surface area contributed by atoms with E-state index >= 15 is 0 Å². The second kappa shape index (κ2) is 8.90. The Morgan fingerprint density at radius 1 is 1.24 bits per heavy atom. The van der Waals surface area contributed by atoms with Gasteiger partial charge in [0.05, 0.1) is 24.7 Å². The molecule has 138 valence electrons. The van der Waals surface area contributed by atoms with Gasteiger partial charge in [-0.15, -0.1) is 0 Å². The zero-order chi connectivity index (χ0) is 18.3. The fraction of sp³-hybridized carbons (Fsp3) is 0.467. The number of hydrogen-bond acceptors (Lipinski definition) is 6. The second-order valence-electron chi connectivity index (χ2n) is 5.21. The predicted octanol–water partition coefficient (Wildman–Crippen LogP) is -1.09. The molecule has 0 spiro atoms. The van der Waals surface area contributed by atoms with Crippen molar-refractivity contribution in [1.29, 1.82) is 0 Å². The Bertz CT molecular complexity index is 694. The molecule has 1 aromatic carbocycles. The van der Waals surface area contributed by atoms with Crippen LogP contribution in [0.15, 0.2) is 35.2 Å². The molecule has 1 fully saturated rings. The van der Waals surface area contributed by atoms with Gasteiger partial charge in [-0.2, -0.15) is 4.31 Å². The third-order valence-electron chi connectivity index (χ3n) is 3.53. The van der Waals surface area contributed by atoms with Gasteiger partial charge in [0.2, 0.25) is 10.0 Å². The monoisotopic (exact) mass is 371 g/mol. The van der Waals surface area contributed by atoms with Crippen LogP contribution in [0, 0.1) is 0 Å². The first-order valence-electron chi connectivity index (χ1n) is 7.70. The molecule has 1 atom stereocenters. The number of carbonyl (C=O) groups excluding carboxylic acids is 2. The largest absolute Gasteiger partial charge is 0.383 e. The van der Waals surface area contributed by atoms with Crippen LogP contribution < -0.4 is 10.6 Å². The van der Waals surface area contributed by atoms with Gasteiger partial charge in [-0.3, -0.25) is 9.59 Å². The number of benzene rings is 1. The Morgan fingerprint density at radius 2 is 1.92 bits per heavy atom. The summed E-state index contributed by atoms with van der Waals surface area (Å²) in [4.78, 5) is 23.5. The third kappa shape index (κ3) is 4.98. The molecule has 9 nitrogen and oxygen atoms in total. The summed E-state index contributed by atoms with van der Waals surface area (Å²) in [5.41, 5.74) is 0. The minimum absolute atomic E-state index is 0.122. The first-order valence-corrected chi connectivity index (χ1v) is 9.14. The van der Waals surface area contributed by atoms with Crippen molar-refractivity contribution < 1.29 is 27.5 Å². The average Bonchev–Trinajstić information content (AvgIpc) is 3.10. The molecule has 10 heteroatoms. The maximum atomic E-state index is 12.6. The standard InChI is InChI=1S/C15H21N3O6S/c1-23-9-7-16-14(19)15(20)17-11-13-18(8-10-24-13)25(21,22)12-5-3-2-4-6-12/h2-6,13H,7-11H2,1H3,(H,16,19)(H,17,20). The van der Waals surface area contributed by atoms with Crippen LogP contribution in [0.5, 0.6) is 0 Å². The fourth-order valence-electron chi connectivity index (χ4n) is 2.28. The number of sulfonamides is 1. The minimum atomic E-state index is -3.73. The summed E-state index contributed by atoms with van der Waals surface area (Å²) in [7, 11) is -2.26. The summed E-state index contributed by atoms with van der Waals surface area (Å²) in [6.45, 7) is 0.762. The fourth-order valence-corrected chi connectivity index (χ4v) is 3.81.